The minimum Gasteiger partial charge on any atom is -0.454 e. The van der Waals surface area contributed by atoms with Crippen molar-refractivity contribution in [3.63, 3.8) is 0 Å². The molecule has 3 heterocycles. The highest BCUT2D eigenvalue weighted by atomic mass is 16.7. The van der Waals surface area contributed by atoms with Gasteiger partial charge in [0.2, 0.25) is 19.1 Å². The molecule has 26 heavy (non-hydrogen) atoms. The van der Waals surface area contributed by atoms with Crippen LogP contribution in [0.25, 0.3) is 32.4 Å². The van der Waals surface area contributed by atoms with Crippen LogP contribution in [0.1, 0.15) is 0 Å². The molecule has 0 spiro atoms. The minimum absolute atomic E-state index is 0. The van der Waals surface area contributed by atoms with E-state index in [0.717, 1.165) is 50.1 Å². The van der Waals surface area contributed by atoms with Crippen molar-refractivity contribution in [1.29, 1.82) is 0 Å². The van der Waals surface area contributed by atoms with Crippen molar-refractivity contribution in [2.45, 2.75) is 0 Å². The molecule has 0 fully saturated rings. The van der Waals surface area contributed by atoms with Crippen molar-refractivity contribution < 1.29 is 23.5 Å². The fraction of sp³-hybridized carbons (Fsp3) is 0.143. The molecule has 0 radical (unpaired) electrons. The average molecular weight is 347 g/mol. The average Bonchev–Trinajstić information content (AvgIpc) is 3.28. The van der Waals surface area contributed by atoms with Gasteiger partial charge in [0.15, 0.2) is 29.2 Å². The summed E-state index contributed by atoms with van der Waals surface area (Å²) in [5.41, 5.74) is 1.15. The van der Waals surface area contributed by atoms with Crippen molar-refractivity contribution in [3.05, 3.63) is 50.0 Å². The summed E-state index contributed by atoms with van der Waals surface area (Å²) in [7, 11) is 2.06. The van der Waals surface area contributed by atoms with Crippen LogP contribution < -0.4 is 23.5 Å². The zero-order chi connectivity index (χ0) is 16.5. The lowest BCUT2D eigenvalue weighted by Crippen LogP contribution is -2.28. The lowest BCUT2D eigenvalue weighted by Gasteiger charge is -2.08. The Hall–Kier alpha value is -3.21. The third kappa shape index (κ3) is 1.83. The Morgan fingerprint density at radius 3 is 2.35 bits per heavy atom. The van der Waals surface area contributed by atoms with E-state index in [2.05, 4.69) is 42.1 Å². The monoisotopic (exact) mass is 347 g/mol. The SMILES string of the molecule is C[n+]1cc2c3c(ccc2c2ccc4cc5c(cc4c21)OCO5)OCO3.[CH3-]. The molecule has 4 aromatic rings. The van der Waals surface area contributed by atoms with E-state index in [1.807, 2.05) is 12.1 Å². The van der Waals surface area contributed by atoms with E-state index in [1.165, 1.54) is 5.39 Å². The van der Waals surface area contributed by atoms with Crippen LogP contribution in [0.4, 0.5) is 0 Å². The highest BCUT2D eigenvalue weighted by Gasteiger charge is 2.24. The topological polar surface area (TPSA) is 40.8 Å². The second-order valence-electron chi connectivity index (χ2n) is 6.39. The van der Waals surface area contributed by atoms with Crippen molar-refractivity contribution in [2.75, 3.05) is 13.6 Å². The van der Waals surface area contributed by atoms with Crippen LogP contribution in [0.15, 0.2) is 42.6 Å². The quantitative estimate of drug-likeness (QED) is 0.275. The normalized spacial score (nSPS) is 14.2. The maximum absolute atomic E-state index is 5.69. The predicted molar refractivity (Wildman–Crippen MR) is 98.8 cm³/mol. The predicted octanol–water partition coefficient (Wildman–Crippen LogP) is 3.88. The first-order valence-electron chi connectivity index (χ1n) is 8.16. The molecule has 2 aliphatic rings. The third-order valence-corrected chi connectivity index (χ3v) is 5.03. The van der Waals surface area contributed by atoms with Crippen LogP contribution in [0, 0.1) is 7.43 Å². The highest BCUT2D eigenvalue weighted by molar-refractivity contribution is 6.15. The van der Waals surface area contributed by atoms with Crippen molar-refractivity contribution >= 4 is 32.4 Å². The maximum Gasteiger partial charge on any atom is 0.231 e. The summed E-state index contributed by atoms with van der Waals surface area (Å²) in [6.45, 7) is 0.555. The summed E-state index contributed by atoms with van der Waals surface area (Å²) in [6.07, 6.45) is 2.11. The largest absolute Gasteiger partial charge is 0.454 e. The molecule has 0 saturated carbocycles. The van der Waals surface area contributed by atoms with Crippen LogP contribution in [-0.2, 0) is 7.05 Å². The number of hydrogen-bond donors (Lipinski definition) is 0. The fourth-order valence-electron chi connectivity index (χ4n) is 3.91. The van der Waals surface area contributed by atoms with Gasteiger partial charge in [-0.1, -0.05) is 6.07 Å². The van der Waals surface area contributed by atoms with Crippen molar-refractivity contribution in [2.24, 2.45) is 7.05 Å². The second kappa shape index (κ2) is 5.14. The van der Waals surface area contributed by atoms with E-state index >= 15 is 0 Å². The molecule has 1 aromatic heterocycles. The van der Waals surface area contributed by atoms with Gasteiger partial charge >= 0.3 is 0 Å². The Morgan fingerprint density at radius 2 is 1.46 bits per heavy atom. The van der Waals surface area contributed by atoms with Crippen LogP contribution in [0.5, 0.6) is 23.0 Å². The van der Waals surface area contributed by atoms with E-state index in [1.54, 1.807) is 0 Å². The van der Waals surface area contributed by atoms with Crippen LogP contribution in [0.3, 0.4) is 0 Å². The number of ether oxygens (including phenoxy) is 4. The molecule has 0 N–H and O–H groups in total. The van der Waals surface area contributed by atoms with Gasteiger partial charge in [-0.15, -0.1) is 0 Å². The van der Waals surface area contributed by atoms with Gasteiger partial charge in [0.05, 0.1) is 16.2 Å². The minimum atomic E-state index is 0. The number of pyridine rings is 1. The standard InChI is InChI=1S/C20H14NO4.CH3/c1-21-8-15-12(4-5-16-20(15)25-10-22-16)13-3-2-11-6-17-18(24-9-23-17)7-14(11)19(13)21;/h2-8H,9-10H2,1H3;1H3/q+1;-1. The molecule has 5 heteroatoms. The molecular formula is C21H17NO4. The van der Waals surface area contributed by atoms with Gasteiger partial charge < -0.3 is 26.4 Å². The van der Waals surface area contributed by atoms with Crippen molar-refractivity contribution in [3.8, 4) is 23.0 Å². The first-order chi connectivity index (χ1) is 12.3. The molecule has 2 aliphatic heterocycles. The molecule has 0 aliphatic carbocycles. The molecule has 6 rings (SSSR count). The van der Waals surface area contributed by atoms with Crippen LogP contribution >= 0.6 is 0 Å². The second-order valence-corrected chi connectivity index (χ2v) is 6.39. The zero-order valence-electron chi connectivity index (χ0n) is 14.5. The van der Waals surface area contributed by atoms with Crippen molar-refractivity contribution in [1.82, 2.24) is 0 Å². The molecule has 0 bridgehead atoms. The fourth-order valence-corrected chi connectivity index (χ4v) is 3.91. The Balaban J connectivity index is 0.00000150. The summed E-state index contributed by atoms with van der Waals surface area (Å²) in [4.78, 5) is 0. The van der Waals surface area contributed by atoms with Gasteiger partial charge in [-0.2, -0.15) is 4.57 Å². The maximum atomic E-state index is 5.69. The molecular weight excluding hydrogens is 330 g/mol. The molecule has 5 nitrogen and oxygen atoms in total. The summed E-state index contributed by atoms with van der Waals surface area (Å²) in [5, 5.41) is 5.66. The number of rotatable bonds is 0. The molecule has 0 atom stereocenters. The van der Waals surface area contributed by atoms with Gasteiger partial charge in [-0.25, -0.2) is 0 Å². The van der Waals surface area contributed by atoms with Gasteiger partial charge in [0.1, 0.15) is 7.05 Å². The third-order valence-electron chi connectivity index (χ3n) is 5.03. The number of benzene rings is 3. The van der Waals surface area contributed by atoms with E-state index in [4.69, 9.17) is 18.9 Å². The highest BCUT2D eigenvalue weighted by Crippen LogP contribution is 2.42. The zero-order valence-corrected chi connectivity index (χ0v) is 14.5. The number of aryl methyl sites for hydroxylation is 1. The summed E-state index contributed by atoms with van der Waals surface area (Å²) in [6, 6.07) is 12.5. The number of aromatic nitrogens is 1. The number of fused-ring (bicyclic) bond motifs is 8. The van der Waals surface area contributed by atoms with Crippen LogP contribution in [-0.4, -0.2) is 13.6 Å². The Bertz CT molecular complexity index is 1220. The first kappa shape index (κ1) is 15.1. The Labute approximate surface area is 150 Å². The van der Waals surface area contributed by atoms with Gasteiger partial charge in [-0.05, 0) is 35.7 Å². The smallest absolute Gasteiger partial charge is 0.231 e. The Morgan fingerprint density at radius 1 is 0.731 bits per heavy atom. The summed E-state index contributed by atoms with van der Waals surface area (Å²) in [5.74, 6) is 3.22. The van der Waals surface area contributed by atoms with E-state index in [9.17, 15) is 0 Å². The Kier molecular flexibility index (Phi) is 2.98. The molecule has 0 saturated heterocycles. The van der Waals surface area contributed by atoms with E-state index < -0.39 is 0 Å². The lowest BCUT2D eigenvalue weighted by atomic mass is 10.00. The molecule has 0 unspecified atom stereocenters. The van der Waals surface area contributed by atoms with Gasteiger partial charge in [-0.3, -0.25) is 0 Å². The van der Waals surface area contributed by atoms with E-state index in [0.29, 0.717) is 0 Å². The van der Waals surface area contributed by atoms with Gasteiger partial charge in [0, 0.05) is 5.39 Å². The molecule has 130 valence electrons. The summed E-state index contributed by atoms with van der Waals surface area (Å²) >= 11 is 0. The molecule has 0 amide bonds. The lowest BCUT2D eigenvalue weighted by molar-refractivity contribution is -0.642. The number of hydrogen-bond acceptors (Lipinski definition) is 4. The van der Waals surface area contributed by atoms with Gasteiger partial charge in [0.25, 0.3) is 0 Å². The summed E-state index contributed by atoms with van der Waals surface area (Å²) < 4.78 is 24.4. The van der Waals surface area contributed by atoms with Crippen LogP contribution in [0.2, 0.25) is 0 Å². The number of nitrogens with zero attached hydrogens (tertiary/aromatic N) is 1. The molecule has 3 aromatic carbocycles. The van der Waals surface area contributed by atoms with E-state index in [-0.39, 0.29) is 21.0 Å². The first-order valence-corrected chi connectivity index (χ1v) is 8.16.